The van der Waals surface area contributed by atoms with Crippen LogP contribution in [0.3, 0.4) is 0 Å². The van der Waals surface area contributed by atoms with E-state index in [-0.39, 0.29) is 0 Å². The Morgan fingerprint density at radius 3 is 2.64 bits per heavy atom. The molecule has 4 nitrogen and oxygen atoms in total. The summed E-state index contributed by atoms with van der Waals surface area (Å²) in [6, 6.07) is 6.29. The molecule has 1 aromatic carbocycles. The molecule has 0 amide bonds. The van der Waals surface area contributed by atoms with Gasteiger partial charge in [0.05, 0.1) is 12.2 Å². The number of carboxylic acid groups (broad SMARTS) is 1. The van der Waals surface area contributed by atoms with Crippen LogP contribution in [0.2, 0.25) is 0 Å². The fraction of sp³-hybridized carbons (Fsp3) is 0.571. The zero-order chi connectivity index (χ0) is 18.0. The molecule has 25 heavy (non-hydrogen) atoms. The monoisotopic (exact) mass is 344 g/mol. The van der Waals surface area contributed by atoms with Crippen LogP contribution >= 0.6 is 0 Å². The lowest BCUT2D eigenvalue weighted by Crippen LogP contribution is -2.35. The van der Waals surface area contributed by atoms with Crippen molar-refractivity contribution in [2.45, 2.75) is 71.0 Å². The lowest BCUT2D eigenvalue weighted by atomic mass is 9.83. The molecule has 2 aliphatic rings. The van der Waals surface area contributed by atoms with E-state index in [2.05, 4.69) is 12.1 Å². The maximum absolute atomic E-state index is 11.9. The summed E-state index contributed by atoms with van der Waals surface area (Å²) in [6.07, 6.45) is 4.99. The second-order valence-corrected chi connectivity index (χ2v) is 7.93. The Morgan fingerprint density at radius 1 is 1.16 bits per heavy atom. The summed E-state index contributed by atoms with van der Waals surface area (Å²) in [5.74, 6) is 0.0688. The molecular weight excluding hydrogens is 316 g/mol. The van der Waals surface area contributed by atoms with Crippen molar-refractivity contribution in [3.63, 3.8) is 0 Å². The fourth-order valence-corrected chi connectivity index (χ4v) is 3.72. The Kier molecular flexibility index (Phi) is 5.19. The standard InChI is InChI=1S/C21H28O4/c1-21(2,3)25-19(20(22)23)17-9-5-4-8-16(17)14-10-11-18-15(13-14)7-6-12-24-18/h10-11,13,19H,4-9,12H2,1-3H3,(H,22,23). The summed E-state index contributed by atoms with van der Waals surface area (Å²) in [6.45, 7) is 6.49. The van der Waals surface area contributed by atoms with E-state index in [4.69, 9.17) is 9.47 Å². The van der Waals surface area contributed by atoms with Crippen molar-refractivity contribution in [2.24, 2.45) is 0 Å². The Labute approximate surface area is 149 Å². The summed E-state index contributed by atoms with van der Waals surface area (Å²) in [7, 11) is 0. The summed E-state index contributed by atoms with van der Waals surface area (Å²) >= 11 is 0. The van der Waals surface area contributed by atoms with Gasteiger partial charge in [0, 0.05) is 0 Å². The van der Waals surface area contributed by atoms with Crippen molar-refractivity contribution in [1.29, 1.82) is 0 Å². The van der Waals surface area contributed by atoms with Crippen LogP contribution in [-0.2, 0) is 16.0 Å². The molecule has 0 radical (unpaired) electrons. The van der Waals surface area contributed by atoms with Crippen LogP contribution in [0.15, 0.2) is 23.8 Å². The first kappa shape index (κ1) is 18.0. The van der Waals surface area contributed by atoms with E-state index >= 15 is 0 Å². The molecule has 3 rings (SSSR count). The first-order valence-electron chi connectivity index (χ1n) is 9.24. The van der Waals surface area contributed by atoms with Gasteiger partial charge in [-0.05, 0) is 93.7 Å². The number of benzene rings is 1. The smallest absolute Gasteiger partial charge is 0.337 e. The highest BCUT2D eigenvalue weighted by Gasteiger charge is 2.32. The number of fused-ring (bicyclic) bond motifs is 1. The van der Waals surface area contributed by atoms with E-state index in [0.717, 1.165) is 67.6 Å². The average molecular weight is 344 g/mol. The Hall–Kier alpha value is -1.81. The van der Waals surface area contributed by atoms with E-state index < -0.39 is 17.7 Å². The maximum Gasteiger partial charge on any atom is 0.337 e. The molecule has 1 aliphatic carbocycles. The van der Waals surface area contributed by atoms with Crippen molar-refractivity contribution in [3.05, 3.63) is 34.9 Å². The van der Waals surface area contributed by atoms with Crippen molar-refractivity contribution < 1.29 is 19.4 Å². The minimum absolute atomic E-state index is 0.498. The minimum Gasteiger partial charge on any atom is -0.493 e. The van der Waals surface area contributed by atoms with Crippen LogP contribution in [-0.4, -0.2) is 29.4 Å². The van der Waals surface area contributed by atoms with Gasteiger partial charge < -0.3 is 14.6 Å². The number of ether oxygens (including phenoxy) is 2. The van der Waals surface area contributed by atoms with Crippen molar-refractivity contribution in [2.75, 3.05) is 6.61 Å². The number of hydrogen-bond acceptors (Lipinski definition) is 3. The number of carboxylic acids is 1. The van der Waals surface area contributed by atoms with Crippen LogP contribution in [0.4, 0.5) is 0 Å². The zero-order valence-corrected chi connectivity index (χ0v) is 15.4. The average Bonchev–Trinajstić information content (AvgIpc) is 2.58. The van der Waals surface area contributed by atoms with Crippen LogP contribution < -0.4 is 4.74 Å². The van der Waals surface area contributed by atoms with E-state index in [1.54, 1.807) is 0 Å². The second kappa shape index (κ2) is 7.20. The molecule has 0 bridgehead atoms. The molecule has 1 unspecified atom stereocenters. The highest BCUT2D eigenvalue weighted by molar-refractivity contribution is 5.82. The van der Waals surface area contributed by atoms with Gasteiger partial charge in [-0.1, -0.05) is 6.07 Å². The summed E-state index contributed by atoms with van der Waals surface area (Å²) in [5.41, 5.74) is 3.94. The SMILES string of the molecule is CC(C)(C)OC(C(=O)O)C1=C(c2ccc3c(c2)CCCO3)CCCC1. The van der Waals surface area contributed by atoms with Gasteiger partial charge in [0.1, 0.15) is 5.75 Å². The van der Waals surface area contributed by atoms with Crippen LogP contribution in [0.5, 0.6) is 5.75 Å². The number of hydrogen-bond donors (Lipinski definition) is 1. The molecule has 0 spiro atoms. The van der Waals surface area contributed by atoms with Gasteiger partial charge >= 0.3 is 5.97 Å². The molecule has 1 aliphatic heterocycles. The zero-order valence-electron chi connectivity index (χ0n) is 15.4. The normalized spacial score (nSPS) is 19.2. The molecule has 1 heterocycles. The fourth-order valence-electron chi connectivity index (χ4n) is 3.72. The Bertz CT molecular complexity index is 682. The van der Waals surface area contributed by atoms with Gasteiger partial charge in [-0.2, -0.15) is 0 Å². The minimum atomic E-state index is -0.898. The predicted molar refractivity (Wildman–Crippen MR) is 97.9 cm³/mol. The lowest BCUT2D eigenvalue weighted by Gasteiger charge is -2.31. The molecule has 1 N–H and O–H groups in total. The molecule has 1 atom stereocenters. The quantitative estimate of drug-likeness (QED) is 0.867. The Morgan fingerprint density at radius 2 is 1.92 bits per heavy atom. The topological polar surface area (TPSA) is 55.8 Å². The number of allylic oxidation sites excluding steroid dienone is 1. The van der Waals surface area contributed by atoms with Crippen molar-refractivity contribution in [1.82, 2.24) is 0 Å². The second-order valence-electron chi connectivity index (χ2n) is 7.93. The molecule has 0 saturated carbocycles. The highest BCUT2D eigenvalue weighted by Crippen LogP contribution is 2.38. The van der Waals surface area contributed by atoms with Crippen molar-refractivity contribution in [3.8, 4) is 5.75 Å². The highest BCUT2D eigenvalue weighted by atomic mass is 16.5. The molecule has 0 saturated heterocycles. The number of rotatable bonds is 4. The van der Waals surface area contributed by atoms with Crippen LogP contribution in [0, 0.1) is 0 Å². The van der Waals surface area contributed by atoms with E-state index in [1.807, 2.05) is 26.8 Å². The summed E-state index contributed by atoms with van der Waals surface area (Å²) in [5, 5.41) is 9.77. The van der Waals surface area contributed by atoms with Crippen molar-refractivity contribution >= 4 is 11.5 Å². The third-order valence-corrected chi connectivity index (χ3v) is 4.78. The van der Waals surface area contributed by atoms with Gasteiger partial charge in [0.15, 0.2) is 6.10 Å². The molecule has 4 heteroatoms. The van der Waals surface area contributed by atoms with E-state index in [9.17, 15) is 9.90 Å². The van der Waals surface area contributed by atoms with Gasteiger partial charge in [-0.15, -0.1) is 0 Å². The largest absolute Gasteiger partial charge is 0.493 e. The van der Waals surface area contributed by atoms with Gasteiger partial charge in [-0.25, -0.2) is 4.79 Å². The van der Waals surface area contributed by atoms with Gasteiger partial charge in [-0.3, -0.25) is 0 Å². The Balaban J connectivity index is 2.01. The first-order valence-corrected chi connectivity index (χ1v) is 9.24. The van der Waals surface area contributed by atoms with Crippen LogP contribution in [0.1, 0.15) is 64.0 Å². The lowest BCUT2D eigenvalue weighted by molar-refractivity contribution is -0.155. The number of aliphatic carboxylic acids is 1. The predicted octanol–water partition coefficient (Wildman–Crippen LogP) is 4.61. The number of aryl methyl sites for hydroxylation is 1. The van der Waals surface area contributed by atoms with Gasteiger partial charge in [0.25, 0.3) is 0 Å². The summed E-state index contributed by atoms with van der Waals surface area (Å²) < 4.78 is 11.6. The van der Waals surface area contributed by atoms with Crippen LogP contribution in [0.25, 0.3) is 5.57 Å². The number of carbonyl (C=O) groups is 1. The molecular formula is C21H28O4. The molecule has 0 fully saturated rings. The molecule has 1 aromatic rings. The van der Waals surface area contributed by atoms with Gasteiger partial charge in [0.2, 0.25) is 0 Å². The molecule has 0 aromatic heterocycles. The third kappa shape index (κ3) is 4.24. The first-order chi connectivity index (χ1) is 11.8. The molecule has 136 valence electrons. The van der Waals surface area contributed by atoms with E-state index in [1.165, 1.54) is 5.56 Å². The van der Waals surface area contributed by atoms with E-state index in [0.29, 0.717) is 0 Å². The maximum atomic E-state index is 11.9. The summed E-state index contributed by atoms with van der Waals surface area (Å²) in [4.78, 5) is 11.9. The third-order valence-electron chi connectivity index (χ3n) is 4.78.